The summed E-state index contributed by atoms with van der Waals surface area (Å²) in [6.07, 6.45) is 8.32. The van der Waals surface area contributed by atoms with E-state index >= 15 is 0 Å². The van der Waals surface area contributed by atoms with Gasteiger partial charge in [0.15, 0.2) is 0 Å². The van der Waals surface area contributed by atoms with Gasteiger partial charge in [0.1, 0.15) is 0 Å². The summed E-state index contributed by atoms with van der Waals surface area (Å²) in [5.41, 5.74) is 0.550. The van der Waals surface area contributed by atoms with Crippen LogP contribution in [0.25, 0.3) is 0 Å². The summed E-state index contributed by atoms with van der Waals surface area (Å²) < 4.78 is 5.85. The highest BCUT2D eigenvalue weighted by Crippen LogP contribution is 2.33. The third kappa shape index (κ3) is 3.94. The lowest BCUT2D eigenvalue weighted by atomic mass is 9.76. The van der Waals surface area contributed by atoms with Crippen LogP contribution in [0, 0.1) is 5.41 Å². The van der Waals surface area contributed by atoms with E-state index in [0.29, 0.717) is 11.5 Å². The normalized spacial score (nSPS) is 28.5. The third-order valence-corrected chi connectivity index (χ3v) is 4.81. The van der Waals surface area contributed by atoms with Gasteiger partial charge in [-0.25, -0.2) is 0 Å². The van der Waals surface area contributed by atoms with E-state index in [0.717, 1.165) is 13.2 Å². The van der Waals surface area contributed by atoms with Crippen molar-refractivity contribution in [1.29, 1.82) is 0 Å². The molecular weight excluding hydrogens is 224 g/mol. The molecule has 18 heavy (non-hydrogen) atoms. The van der Waals surface area contributed by atoms with Crippen molar-refractivity contribution in [2.75, 3.05) is 39.8 Å². The van der Waals surface area contributed by atoms with Crippen molar-refractivity contribution < 1.29 is 4.74 Å². The lowest BCUT2D eigenvalue weighted by Gasteiger charge is -2.40. The summed E-state index contributed by atoms with van der Waals surface area (Å²) in [7, 11) is 2.28. The zero-order valence-corrected chi connectivity index (χ0v) is 12.2. The second kappa shape index (κ2) is 6.88. The minimum atomic E-state index is 0.486. The van der Waals surface area contributed by atoms with Crippen molar-refractivity contribution in [1.82, 2.24) is 10.2 Å². The van der Waals surface area contributed by atoms with E-state index in [1.807, 2.05) is 0 Å². The molecule has 106 valence electrons. The Balaban J connectivity index is 1.78. The van der Waals surface area contributed by atoms with E-state index < -0.39 is 0 Å². The van der Waals surface area contributed by atoms with Crippen molar-refractivity contribution in [3.63, 3.8) is 0 Å². The monoisotopic (exact) mass is 254 g/mol. The molecule has 2 heterocycles. The maximum atomic E-state index is 5.85. The first kappa shape index (κ1) is 14.3. The van der Waals surface area contributed by atoms with Crippen molar-refractivity contribution in [2.45, 2.75) is 51.6 Å². The van der Waals surface area contributed by atoms with Gasteiger partial charge in [-0.05, 0) is 64.1 Å². The van der Waals surface area contributed by atoms with Gasteiger partial charge in [-0.2, -0.15) is 0 Å². The lowest BCUT2D eigenvalue weighted by molar-refractivity contribution is -0.0104. The maximum absolute atomic E-state index is 5.85. The van der Waals surface area contributed by atoms with Crippen LogP contribution in [0.5, 0.6) is 0 Å². The van der Waals surface area contributed by atoms with Crippen LogP contribution in [0.1, 0.15) is 45.4 Å². The van der Waals surface area contributed by atoms with Gasteiger partial charge < -0.3 is 15.0 Å². The van der Waals surface area contributed by atoms with E-state index in [1.165, 1.54) is 58.2 Å². The Morgan fingerprint density at radius 3 is 2.67 bits per heavy atom. The summed E-state index contributed by atoms with van der Waals surface area (Å²) in [4.78, 5) is 2.52. The molecule has 0 bridgehead atoms. The Morgan fingerprint density at radius 1 is 1.28 bits per heavy atom. The van der Waals surface area contributed by atoms with Crippen LogP contribution in [0.15, 0.2) is 0 Å². The lowest BCUT2D eigenvalue weighted by Crippen LogP contribution is -2.45. The Hall–Kier alpha value is -0.120. The molecule has 1 unspecified atom stereocenters. The van der Waals surface area contributed by atoms with E-state index in [2.05, 4.69) is 24.2 Å². The van der Waals surface area contributed by atoms with Gasteiger partial charge in [0.25, 0.3) is 0 Å². The van der Waals surface area contributed by atoms with Gasteiger partial charge in [0.05, 0.1) is 6.10 Å². The zero-order valence-electron chi connectivity index (χ0n) is 12.2. The van der Waals surface area contributed by atoms with Crippen LogP contribution in [0.2, 0.25) is 0 Å². The molecule has 2 aliphatic rings. The molecule has 2 fully saturated rings. The smallest absolute Gasteiger partial charge is 0.0701 e. The van der Waals surface area contributed by atoms with Gasteiger partial charge in [-0.15, -0.1) is 0 Å². The van der Waals surface area contributed by atoms with Crippen molar-refractivity contribution >= 4 is 0 Å². The van der Waals surface area contributed by atoms with Gasteiger partial charge >= 0.3 is 0 Å². The molecule has 2 aliphatic heterocycles. The molecule has 1 atom stereocenters. The number of hydrogen-bond donors (Lipinski definition) is 1. The van der Waals surface area contributed by atoms with Crippen LogP contribution in [0.3, 0.4) is 0 Å². The van der Waals surface area contributed by atoms with Crippen molar-refractivity contribution in [3.8, 4) is 0 Å². The highest BCUT2D eigenvalue weighted by molar-refractivity contribution is 4.86. The molecule has 0 radical (unpaired) electrons. The summed E-state index contributed by atoms with van der Waals surface area (Å²) in [6.45, 7) is 8.08. The fourth-order valence-electron chi connectivity index (χ4n) is 3.52. The summed E-state index contributed by atoms with van der Waals surface area (Å²) in [5.74, 6) is 0. The molecule has 0 aromatic rings. The summed E-state index contributed by atoms with van der Waals surface area (Å²) >= 11 is 0. The minimum Gasteiger partial charge on any atom is -0.377 e. The molecule has 0 amide bonds. The minimum absolute atomic E-state index is 0.486. The average molecular weight is 254 g/mol. The van der Waals surface area contributed by atoms with Gasteiger partial charge in [0, 0.05) is 19.7 Å². The van der Waals surface area contributed by atoms with Crippen LogP contribution in [-0.2, 0) is 4.74 Å². The van der Waals surface area contributed by atoms with E-state index in [-0.39, 0.29) is 0 Å². The van der Waals surface area contributed by atoms with Crippen LogP contribution < -0.4 is 5.32 Å². The number of ether oxygens (including phenoxy) is 1. The van der Waals surface area contributed by atoms with Gasteiger partial charge in [-0.3, -0.25) is 0 Å². The Labute approximate surface area is 112 Å². The number of rotatable bonds is 5. The molecule has 0 spiro atoms. The van der Waals surface area contributed by atoms with Crippen LogP contribution >= 0.6 is 0 Å². The van der Waals surface area contributed by atoms with Gasteiger partial charge in [0.2, 0.25) is 0 Å². The molecule has 0 aliphatic carbocycles. The number of likely N-dealkylation sites (N-methyl/N-ethyl adjacent to an activating group) is 1. The van der Waals surface area contributed by atoms with Gasteiger partial charge in [-0.1, -0.05) is 6.92 Å². The topological polar surface area (TPSA) is 24.5 Å². The first-order valence-corrected chi connectivity index (χ1v) is 7.75. The number of hydrogen-bond acceptors (Lipinski definition) is 3. The molecule has 3 heteroatoms. The first-order valence-electron chi connectivity index (χ1n) is 7.75. The predicted molar refractivity (Wildman–Crippen MR) is 75.9 cm³/mol. The third-order valence-electron chi connectivity index (χ3n) is 4.81. The molecular formula is C15H30N2O. The van der Waals surface area contributed by atoms with E-state index in [4.69, 9.17) is 4.74 Å². The number of nitrogens with one attached hydrogen (secondary N) is 1. The fraction of sp³-hybridized carbons (Fsp3) is 1.00. The van der Waals surface area contributed by atoms with Crippen molar-refractivity contribution in [3.05, 3.63) is 0 Å². The molecule has 0 aromatic heterocycles. The molecule has 0 saturated carbocycles. The molecule has 3 nitrogen and oxygen atoms in total. The summed E-state index contributed by atoms with van der Waals surface area (Å²) in [6, 6.07) is 0. The van der Waals surface area contributed by atoms with E-state index in [9.17, 15) is 0 Å². The Kier molecular flexibility index (Phi) is 5.46. The fourth-order valence-corrected chi connectivity index (χ4v) is 3.52. The number of piperidine rings is 1. The van der Waals surface area contributed by atoms with Crippen LogP contribution in [-0.4, -0.2) is 50.8 Å². The average Bonchev–Trinajstić information content (AvgIpc) is 2.41. The Bertz CT molecular complexity index is 233. The Morgan fingerprint density at radius 2 is 2.06 bits per heavy atom. The highest BCUT2D eigenvalue weighted by Gasteiger charge is 2.31. The predicted octanol–water partition coefficient (Wildman–Crippen LogP) is 2.27. The second-order valence-electron chi connectivity index (χ2n) is 6.29. The largest absolute Gasteiger partial charge is 0.377 e. The molecule has 1 N–H and O–H groups in total. The van der Waals surface area contributed by atoms with Crippen molar-refractivity contribution in [2.24, 2.45) is 5.41 Å². The highest BCUT2D eigenvalue weighted by atomic mass is 16.5. The van der Waals surface area contributed by atoms with Crippen LogP contribution in [0.4, 0.5) is 0 Å². The summed E-state index contributed by atoms with van der Waals surface area (Å²) in [5, 5.41) is 3.49. The number of nitrogens with zero attached hydrogens (tertiary/aromatic N) is 1. The molecule has 2 rings (SSSR count). The standard InChI is InChI=1S/C15H30N2O/c1-3-15(7-9-16-10-8-15)13-17(2)12-14-6-4-5-11-18-14/h14,16H,3-13H2,1-2H3. The maximum Gasteiger partial charge on any atom is 0.0701 e. The van der Waals surface area contributed by atoms with E-state index in [1.54, 1.807) is 0 Å². The zero-order chi connectivity index (χ0) is 12.8. The molecule has 2 saturated heterocycles. The first-order chi connectivity index (χ1) is 8.74. The second-order valence-corrected chi connectivity index (χ2v) is 6.29. The SMILES string of the molecule is CCC1(CN(C)CC2CCCCO2)CCNCC1. The molecule has 0 aromatic carbocycles. The quantitative estimate of drug-likeness (QED) is 0.814.